The molecule has 2 fully saturated rings. The van der Waals surface area contributed by atoms with Crippen LogP contribution < -0.4 is 5.73 Å². The first kappa shape index (κ1) is 19.6. The van der Waals surface area contributed by atoms with E-state index < -0.39 is 18.2 Å². The molecule has 2 atom stereocenters. The van der Waals surface area contributed by atoms with Crippen LogP contribution in [0, 0.1) is 0 Å². The summed E-state index contributed by atoms with van der Waals surface area (Å²) in [7, 11) is 0. The van der Waals surface area contributed by atoms with E-state index in [1.54, 1.807) is 12.1 Å². The van der Waals surface area contributed by atoms with Gasteiger partial charge in [-0.15, -0.1) is 0 Å². The minimum absolute atomic E-state index is 0.146. The number of rotatable bonds is 5. The second-order valence-corrected chi connectivity index (χ2v) is 8.06. The molecule has 1 aliphatic heterocycles. The third-order valence-electron chi connectivity index (χ3n) is 5.88. The lowest BCUT2D eigenvalue weighted by Gasteiger charge is -2.41. The van der Waals surface area contributed by atoms with Gasteiger partial charge in [0.15, 0.2) is 0 Å². The monoisotopic (exact) mass is 370 g/mol. The second kappa shape index (κ2) is 7.87. The summed E-state index contributed by atoms with van der Waals surface area (Å²) in [4.78, 5) is 2.25. The molecule has 1 saturated heterocycles. The summed E-state index contributed by atoms with van der Waals surface area (Å²) in [6, 6.07) is 6.86. The summed E-state index contributed by atoms with van der Waals surface area (Å²) < 4.78 is 38.4. The Bertz CT molecular complexity index is 599. The van der Waals surface area contributed by atoms with Gasteiger partial charge >= 0.3 is 6.18 Å². The minimum atomic E-state index is -4.22. The summed E-state index contributed by atoms with van der Waals surface area (Å²) in [6.45, 7) is 2.32. The SMILES string of the molecule is N[C@@H]1CCN(CC(c2cccc(CC(F)(F)F)c2)C2(O)CCCCC2)C1. The van der Waals surface area contributed by atoms with Crippen molar-refractivity contribution in [1.29, 1.82) is 0 Å². The number of halogens is 3. The van der Waals surface area contributed by atoms with Crippen molar-refractivity contribution < 1.29 is 18.3 Å². The van der Waals surface area contributed by atoms with E-state index in [-0.39, 0.29) is 17.5 Å². The van der Waals surface area contributed by atoms with Gasteiger partial charge in [-0.3, -0.25) is 0 Å². The number of hydrogen-bond acceptors (Lipinski definition) is 3. The van der Waals surface area contributed by atoms with Crippen molar-refractivity contribution in [2.75, 3.05) is 19.6 Å². The van der Waals surface area contributed by atoms with Crippen LogP contribution in [-0.2, 0) is 6.42 Å². The molecule has 2 aliphatic rings. The van der Waals surface area contributed by atoms with Crippen molar-refractivity contribution in [3.05, 3.63) is 35.4 Å². The van der Waals surface area contributed by atoms with Gasteiger partial charge in [-0.25, -0.2) is 0 Å². The lowest BCUT2D eigenvalue weighted by Crippen LogP contribution is -2.44. The van der Waals surface area contributed by atoms with E-state index in [0.29, 0.717) is 19.4 Å². The van der Waals surface area contributed by atoms with Crippen LogP contribution in [0.15, 0.2) is 24.3 Å². The predicted molar refractivity (Wildman–Crippen MR) is 96.0 cm³/mol. The van der Waals surface area contributed by atoms with Crippen LogP contribution >= 0.6 is 0 Å². The third kappa shape index (κ3) is 4.99. The molecule has 0 aromatic heterocycles. The molecule has 1 aromatic carbocycles. The maximum absolute atomic E-state index is 12.8. The summed E-state index contributed by atoms with van der Waals surface area (Å²) in [5.41, 5.74) is 6.25. The number of alkyl halides is 3. The van der Waals surface area contributed by atoms with Gasteiger partial charge in [0, 0.05) is 25.0 Å². The van der Waals surface area contributed by atoms with E-state index in [1.807, 2.05) is 6.07 Å². The Morgan fingerprint density at radius 1 is 1.23 bits per heavy atom. The second-order valence-electron chi connectivity index (χ2n) is 8.06. The molecule has 1 aromatic rings. The number of likely N-dealkylation sites (tertiary alicyclic amines) is 1. The van der Waals surface area contributed by atoms with Crippen molar-refractivity contribution in [3.8, 4) is 0 Å². The fourth-order valence-electron chi connectivity index (χ4n) is 4.54. The Morgan fingerprint density at radius 2 is 1.96 bits per heavy atom. The topological polar surface area (TPSA) is 49.5 Å². The highest BCUT2D eigenvalue weighted by Crippen LogP contribution is 2.41. The maximum Gasteiger partial charge on any atom is 0.393 e. The van der Waals surface area contributed by atoms with Crippen molar-refractivity contribution in [3.63, 3.8) is 0 Å². The normalized spacial score (nSPS) is 25.3. The lowest BCUT2D eigenvalue weighted by molar-refractivity contribution is -0.127. The van der Waals surface area contributed by atoms with E-state index in [1.165, 1.54) is 6.07 Å². The summed E-state index contributed by atoms with van der Waals surface area (Å²) in [5.74, 6) is -0.179. The number of nitrogens with zero attached hydrogens (tertiary/aromatic N) is 1. The van der Waals surface area contributed by atoms with E-state index in [0.717, 1.165) is 44.3 Å². The van der Waals surface area contributed by atoms with Gasteiger partial charge in [0.25, 0.3) is 0 Å². The zero-order chi connectivity index (χ0) is 18.8. The third-order valence-corrected chi connectivity index (χ3v) is 5.88. The summed E-state index contributed by atoms with van der Waals surface area (Å²) in [6.07, 6.45) is 0.237. The molecule has 1 saturated carbocycles. The molecular formula is C20H29F3N2O. The van der Waals surface area contributed by atoms with Crippen molar-refractivity contribution in [2.45, 2.75) is 68.7 Å². The Kier molecular flexibility index (Phi) is 5.94. The molecule has 1 aliphatic carbocycles. The zero-order valence-corrected chi connectivity index (χ0v) is 15.1. The molecule has 26 heavy (non-hydrogen) atoms. The Morgan fingerprint density at radius 3 is 2.58 bits per heavy atom. The molecule has 0 radical (unpaired) electrons. The molecule has 3 nitrogen and oxygen atoms in total. The van der Waals surface area contributed by atoms with Gasteiger partial charge in [-0.1, -0.05) is 43.5 Å². The molecule has 3 N–H and O–H groups in total. The molecule has 6 heteroatoms. The van der Waals surface area contributed by atoms with E-state index in [9.17, 15) is 18.3 Å². The summed E-state index contributed by atoms with van der Waals surface area (Å²) >= 11 is 0. The first-order chi connectivity index (χ1) is 12.3. The fraction of sp³-hybridized carbons (Fsp3) is 0.700. The summed E-state index contributed by atoms with van der Waals surface area (Å²) in [5, 5.41) is 11.4. The number of benzene rings is 1. The molecular weight excluding hydrogens is 341 g/mol. The molecule has 1 heterocycles. The van der Waals surface area contributed by atoms with Gasteiger partial charge in [0.2, 0.25) is 0 Å². The molecule has 0 amide bonds. The van der Waals surface area contributed by atoms with Gasteiger partial charge in [0.1, 0.15) is 0 Å². The molecule has 146 valence electrons. The average Bonchev–Trinajstić information content (AvgIpc) is 2.97. The molecule has 3 rings (SSSR count). The lowest BCUT2D eigenvalue weighted by atomic mass is 9.72. The number of aliphatic hydroxyl groups is 1. The highest BCUT2D eigenvalue weighted by molar-refractivity contribution is 5.30. The van der Waals surface area contributed by atoms with Crippen LogP contribution in [0.25, 0.3) is 0 Å². The Labute approximate surface area is 153 Å². The number of hydrogen-bond donors (Lipinski definition) is 2. The average molecular weight is 370 g/mol. The zero-order valence-electron chi connectivity index (χ0n) is 15.1. The quantitative estimate of drug-likeness (QED) is 0.833. The predicted octanol–water partition coefficient (Wildman–Crippen LogP) is 3.60. The number of nitrogens with two attached hydrogens (primary N) is 1. The molecule has 1 unspecified atom stereocenters. The van der Waals surface area contributed by atoms with Crippen LogP contribution in [0.4, 0.5) is 13.2 Å². The molecule has 0 bridgehead atoms. The standard InChI is InChI=1S/C20H29F3N2O/c21-20(22,23)12-15-5-4-6-16(11-15)18(14-25-10-7-17(24)13-25)19(26)8-2-1-3-9-19/h4-6,11,17-18,26H,1-3,7-10,12-14,24H2/t17-,18?/m1/s1. The van der Waals surface area contributed by atoms with Gasteiger partial charge < -0.3 is 15.7 Å². The smallest absolute Gasteiger partial charge is 0.389 e. The molecule has 0 spiro atoms. The highest BCUT2D eigenvalue weighted by atomic mass is 19.4. The van der Waals surface area contributed by atoms with Crippen LogP contribution in [0.5, 0.6) is 0 Å². The van der Waals surface area contributed by atoms with Crippen molar-refractivity contribution in [1.82, 2.24) is 4.90 Å². The first-order valence-electron chi connectivity index (χ1n) is 9.61. The van der Waals surface area contributed by atoms with Gasteiger partial charge in [-0.05, 0) is 36.9 Å². The van der Waals surface area contributed by atoms with Crippen LogP contribution in [0.2, 0.25) is 0 Å². The van der Waals surface area contributed by atoms with Crippen LogP contribution in [0.1, 0.15) is 55.6 Å². The largest absolute Gasteiger partial charge is 0.393 e. The van der Waals surface area contributed by atoms with Gasteiger partial charge in [-0.2, -0.15) is 13.2 Å². The van der Waals surface area contributed by atoms with Gasteiger partial charge in [0.05, 0.1) is 12.0 Å². The van der Waals surface area contributed by atoms with Crippen molar-refractivity contribution in [2.24, 2.45) is 5.73 Å². The van der Waals surface area contributed by atoms with Crippen molar-refractivity contribution >= 4 is 0 Å². The van der Waals surface area contributed by atoms with E-state index >= 15 is 0 Å². The Hall–Kier alpha value is -1.11. The first-order valence-corrected chi connectivity index (χ1v) is 9.61. The Balaban J connectivity index is 1.86. The minimum Gasteiger partial charge on any atom is -0.389 e. The van der Waals surface area contributed by atoms with Crippen LogP contribution in [0.3, 0.4) is 0 Å². The van der Waals surface area contributed by atoms with E-state index in [4.69, 9.17) is 5.73 Å². The fourth-order valence-corrected chi connectivity index (χ4v) is 4.54. The van der Waals surface area contributed by atoms with E-state index in [2.05, 4.69) is 4.90 Å². The maximum atomic E-state index is 12.8. The highest BCUT2D eigenvalue weighted by Gasteiger charge is 2.40. The van der Waals surface area contributed by atoms with Crippen LogP contribution in [-0.4, -0.2) is 47.5 Å².